The summed E-state index contributed by atoms with van der Waals surface area (Å²) in [6.45, 7) is 5.30. The number of rotatable bonds is 4. The van der Waals surface area contributed by atoms with Crippen molar-refractivity contribution in [1.29, 1.82) is 0 Å². The number of hydrogen-bond donors (Lipinski definition) is 1. The van der Waals surface area contributed by atoms with E-state index in [0.29, 0.717) is 26.1 Å². The predicted molar refractivity (Wildman–Crippen MR) is 93.7 cm³/mol. The summed E-state index contributed by atoms with van der Waals surface area (Å²) in [4.78, 5) is 17.2. The summed E-state index contributed by atoms with van der Waals surface area (Å²) in [5, 5.41) is 3.20. The van der Waals surface area contributed by atoms with E-state index in [1.54, 1.807) is 12.4 Å². The third kappa shape index (κ3) is 3.34. The van der Waals surface area contributed by atoms with Crippen LogP contribution < -0.4 is 5.32 Å². The number of pyridine rings is 1. The van der Waals surface area contributed by atoms with E-state index in [4.69, 9.17) is 4.74 Å². The van der Waals surface area contributed by atoms with E-state index < -0.39 is 5.41 Å². The highest BCUT2D eigenvalue weighted by atomic mass is 16.5. The standard InChI is InChI=1S/C20H24N2O2/c1-15-3-5-18(6-4-15)20(9-13-24-14-10-20)19(23)22-16(2)17-7-11-21-12-8-17/h3-8,11-12,16H,9-10,13-14H2,1-2H3,(H,22,23)/t16-/m0/s1. The van der Waals surface area contributed by atoms with E-state index in [2.05, 4.69) is 41.5 Å². The van der Waals surface area contributed by atoms with E-state index in [9.17, 15) is 4.79 Å². The number of nitrogens with zero attached hydrogens (tertiary/aromatic N) is 1. The molecule has 126 valence electrons. The number of carbonyl (C=O) groups is 1. The zero-order chi connectivity index (χ0) is 17.0. The van der Waals surface area contributed by atoms with Crippen LogP contribution >= 0.6 is 0 Å². The number of aromatic nitrogens is 1. The number of ether oxygens (including phenoxy) is 1. The average molecular weight is 324 g/mol. The third-order valence-corrected chi connectivity index (χ3v) is 4.94. The van der Waals surface area contributed by atoms with Gasteiger partial charge >= 0.3 is 0 Å². The summed E-state index contributed by atoms with van der Waals surface area (Å²) < 4.78 is 5.52. The average Bonchev–Trinajstić information content (AvgIpc) is 2.63. The SMILES string of the molecule is Cc1ccc(C2(C(=O)N[C@@H](C)c3ccncc3)CCOCC2)cc1. The Balaban J connectivity index is 1.85. The quantitative estimate of drug-likeness (QED) is 0.938. The van der Waals surface area contributed by atoms with E-state index in [0.717, 1.165) is 11.1 Å². The first kappa shape index (κ1) is 16.7. The Labute approximate surface area is 143 Å². The fourth-order valence-electron chi connectivity index (χ4n) is 3.31. The van der Waals surface area contributed by atoms with Crippen LogP contribution in [-0.2, 0) is 14.9 Å². The Morgan fingerprint density at radius 3 is 2.38 bits per heavy atom. The minimum absolute atomic E-state index is 0.0503. The molecule has 1 atom stereocenters. The van der Waals surface area contributed by atoms with Crippen molar-refractivity contribution in [3.8, 4) is 0 Å². The van der Waals surface area contributed by atoms with E-state index in [1.807, 2.05) is 19.1 Å². The van der Waals surface area contributed by atoms with E-state index in [1.165, 1.54) is 5.56 Å². The van der Waals surface area contributed by atoms with Gasteiger partial charge in [-0.3, -0.25) is 9.78 Å². The van der Waals surface area contributed by atoms with Crippen LogP contribution in [0.15, 0.2) is 48.8 Å². The molecule has 0 saturated carbocycles. The molecule has 1 aliphatic heterocycles. The van der Waals surface area contributed by atoms with E-state index >= 15 is 0 Å². The van der Waals surface area contributed by atoms with Crippen molar-refractivity contribution in [3.63, 3.8) is 0 Å². The monoisotopic (exact) mass is 324 g/mol. The number of aryl methyl sites for hydroxylation is 1. The zero-order valence-electron chi connectivity index (χ0n) is 14.3. The summed E-state index contributed by atoms with van der Waals surface area (Å²) >= 11 is 0. The lowest BCUT2D eigenvalue weighted by Gasteiger charge is -2.37. The molecule has 1 saturated heterocycles. The van der Waals surface area contributed by atoms with Gasteiger partial charge < -0.3 is 10.1 Å². The molecule has 0 radical (unpaired) electrons. The van der Waals surface area contributed by atoms with Crippen LogP contribution in [0.25, 0.3) is 0 Å². The van der Waals surface area contributed by atoms with Crippen LogP contribution in [0.5, 0.6) is 0 Å². The Morgan fingerprint density at radius 1 is 1.12 bits per heavy atom. The van der Waals surface area contributed by atoms with Crippen molar-refractivity contribution in [2.75, 3.05) is 13.2 Å². The summed E-state index contributed by atoms with van der Waals surface area (Å²) in [5.74, 6) is 0.0824. The van der Waals surface area contributed by atoms with Crippen LogP contribution in [0, 0.1) is 6.92 Å². The number of nitrogens with one attached hydrogen (secondary N) is 1. The Morgan fingerprint density at radius 2 is 1.75 bits per heavy atom. The van der Waals surface area contributed by atoms with Gasteiger partial charge in [-0.05, 0) is 49.9 Å². The van der Waals surface area contributed by atoms with Gasteiger partial charge in [0.25, 0.3) is 0 Å². The molecule has 2 aromatic rings. The van der Waals surface area contributed by atoms with Gasteiger partial charge in [-0.2, -0.15) is 0 Å². The molecule has 2 heterocycles. The smallest absolute Gasteiger partial charge is 0.231 e. The Hall–Kier alpha value is -2.20. The molecule has 1 amide bonds. The highest BCUT2D eigenvalue weighted by molar-refractivity contribution is 5.88. The topological polar surface area (TPSA) is 51.2 Å². The van der Waals surface area contributed by atoms with Crippen LogP contribution in [0.4, 0.5) is 0 Å². The fourth-order valence-corrected chi connectivity index (χ4v) is 3.31. The van der Waals surface area contributed by atoms with Gasteiger partial charge in [0.15, 0.2) is 0 Å². The molecule has 1 aromatic carbocycles. The zero-order valence-corrected chi connectivity index (χ0v) is 14.3. The first-order valence-corrected chi connectivity index (χ1v) is 8.48. The molecule has 3 rings (SSSR count). The predicted octanol–water partition coefficient (Wildman–Crippen LogP) is 3.32. The van der Waals surface area contributed by atoms with Crippen LogP contribution in [0.2, 0.25) is 0 Å². The van der Waals surface area contributed by atoms with E-state index in [-0.39, 0.29) is 11.9 Å². The van der Waals surface area contributed by atoms with Gasteiger partial charge in [-0.15, -0.1) is 0 Å². The summed E-state index contributed by atoms with van der Waals surface area (Å²) in [5.41, 5.74) is 2.83. The van der Waals surface area contributed by atoms with Crippen molar-refractivity contribution >= 4 is 5.91 Å². The second kappa shape index (κ2) is 7.14. The van der Waals surface area contributed by atoms with Crippen LogP contribution in [0.3, 0.4) is 0 Å². The van der Waals surface area contributed by atoms with Crippen molar-refractivity contribution in [1.82, 2.24) is 10.3 Å². The van der Waals surface area contributed by atoms with Gasteiger partial charge in [0.2, 0.25) is 5.91 Å². The molecule has 4 nitrogen and oxygen atoms in total. The lowest BCUT2D eigenvalue weighted by molar-refractivity contribution is -0.131. The highest BCUT2D eigenvalue weighted by Gasteiger charge is 2.42. The molecule has 4 heteroatoms. The van der Waals surface area contributed by atoms with Gasteiger partial charge in [-0.1, -0.05) is 29.8 Å². The number of benzene rings is 1. The molecule has 1 fully saturated rings. The van der Waals surface area contributed by atoms with Gasteiger partial charge in [0, 0.05) is 25.6 Å². The second-order valence-electron chi connectivity index (χ2n) is 6.54. The van der Waals surface area contributed by atoms with Gasteiger partial charge in [0.1, 0.15) is 0 Å². The minimum Gasteiger partial charge on any atom is -0.381 e. The molecule has 1 aromatic heterocycles. The molecule has 0 bridgehead atoms. The van der Waals surface area contributed by atoms with Crippen molar-refractivity contribution in [2.24, 2.45) is 0 Å². The molecule has 1 N–H and O–H groups in total. The summed E-state index contributed by atoms with van der Waals surface area (Å²) in [7, 11) is 0. The normalized spacial score (nSPS) is 17.9. The maximum Gasteiger partial charge on any atom is 0.231 e. The first-order chi connectivity index (χ1) is 11.6. The number of hydrogen-bond acceptors (Lipinski definition) is 3. The van der Waals surface area contributed by atoms with Crippen molar-refractivity contribution in [3.05, 3.63) is 65.5 Å². The maximum absolute atomic E-state index is 13.2. The first-order valence-electron chi connectivity index (χ1n) is 8.48. The molecule has 1 aliphatic rings. The summed E-state index contributed by atoms with van der Waals surface area (Å²) in [6, 6.07) is 12.1. The van der Waals surface area contributed by atoms with Crippen LogP contribution in [-0.4, -0.2) is 24.1 Å². The molecule has 0 unspecified atom stereocenters. The minimum atomic E-state index is -0.507. The molecular weight excluding hydrogens is 300 g/mol. The maximum atomic E-state index is 13.2. The molecular formula is C20H24N2O2. The Kier molecular flexibility index (Phi) is 4.95. The van der Waals surface area contributed by atoms with Crippen molar-refractivity contribution in [2.45, 2.75) is 38.1 Å². The lowest BCUT2D eigenvalue weighted by Crippen LogP contribution is -2.48. The number of amides is 1. The van der Waals surface area contributed by atoms with Crippen molar-refractivity contribution < 1.29 is 9.53 Å². The second-order valence-corrected chi connectivity index (χ2v) is 6.54. The summed E-state index contributed by atoms with van der Waals surface area (Å²) in [6.07, 6.45) is 4.93. The largest absolute Gasteiger partial charge is 0.381 e. The van der Waals surface area contributed by atoms with Gasteiger partial charge in [-0.25, -0.2) is 0 Å². The Bertz CT molecular complexity index is 677. The van der Waals surface area contributed by atoms with Gasteiger partial charge in [0.05, 0.1) is 11.5 Å². The molecule has 24 heavy (non-hydrogen) atoms. The van der Waals surface area contributed by atoms with Crippen LogP contribution in [0.1, 0.15) is 42.5 Å². The fraction of sp³-hybridized carbons (Fsp3) is 0.400. The number of carbonyl (C=O) groups excluding carboxylic acids is 1. The highest BCUT2D eigenvalue weighted by Crippen LogP contribution is 2.36. The molecule has 0 spiro atoms. The molecule has 0 aliphatic carbocycles. The lowest BCUT2D eigenvalue weighted by atomic mass is 9.73. The third-order valence-electron chi connectivity index (χ3n) is 4.94.